The lowest BCUT2D eigenvalue weighted by Crippen LogP contribution is -2.39. The quantitative estimate of drug-likeness (QED) is 0.137. The number of hydrogen-bond donors (Lipinski definition) is 1. The van der Waals surface area contributed by atoms with Gasteiger partial charge < -0.3 is 14.2 Å². The summed E-state index contributed by atoms with van der Waals surface area (Å²) in [5.74, 6) is 0.963. The van der Waals surface area contributed by atoms with Crippen LogP contribution in [0.1, 0.15) is 23.6 Å². The predicted molar refractivity (Wildman–Crippen MR) is 171 cm³/mol. The van der Waals surface area contributed by atoms with E-state index in [4.69, 9.17) is 14.2 Å². The molecule has 9 nitrogen and oxygen atoms in total. The highest BCUT2D eigenvalue weighted by atomic mass is 79.9. The Bertz CT molecular complexity index is 1660. The molecule has 4 aromatic rings. The van der Waals surface area contributed by atoms with Crippen molar-refractivity contribution in [3.8, 4) is 17.2 Å². The highest BCUT2D eigenvalue weighted by Crippen LogP contribution is 2.37. The van der Waals surface area contributed by atoms with Crippen LogP contribution in [-0.4, -0.2) is 40.8 Å². The third-order valence-corrected chi connectivity index (χ3v) is 8.59. The number of anilines is 1. The Balaban J connectivity index is 1.48. The van der Waals surface area contributed by atoms with Crippen molar-refractivity contribution >= 4 is 43.8 Å². The molecule has 43 heavy (non-hydrogen) atoms. The van der Waals surface area contributed by atoms with Gasteiger partial charge in [0.1, 0.15) is 18.9 Å². The first-order valence-corrected chi connectivity index (χ1v) is 15.6. The van der Waals surface area contributed by atoms with Gasteiger partial charge in [0.15, 0.2) is 11.5 Å². The van der Waals surface area contributed by atoms with Crippen molar-refractivity contribution in [2.45, 2.75) is 25.3 Å². The summed E-state index contributed by atoms with van der Waals surface area (Å²) in [6.45, 7) is 4.21. The van der Waals surface area contributed by atoms with E-state index in [1.54, 1.807) is 54.6 Å². The van der Waals surface area contributed by atoms with Gasteiger partial charge in [-0.2, -0.15) is 5.10 Å². The monoisotopic (exact) mass is 665 g/mol. The molecule has 0 saturated heterocycles. The smallest absolute Gasteiger partial charge is 0.264 e. The topological polar surface area (TPSA) is 107 Å². The third-order valence-electron chi connectivity index (χ3n) is 6.21. The number of aryl methyl sites for hydroxylation is 1. The second-order valence-corrected chi connectivity index (χ2v) is 12.1. The highest BCUT2D eigenvalue weighted by Gasteiger charge is 2.27. The zero-order chi connectivity index (χ0) is 30.8. The van der Waals surface area contributed by atoms with Crippen LogP contribution in [0.5, 0.6) is 17.2 Å². The van der Waals surface area contributed by atoms with Crippen molar-refractivity contribution in [3.63, 3.8) is 0 Å². The van der Waals surface area contributed by atoms with E-state index < -0.39 is 22.5 Å². The number of nitrogens with one attached hydrogen (secondary N) is 1. The molecule has 0 heterocycles. The molecular weight excluding hydrogens is 634 g/mol. The lowest BCUT2D eigenvalue weighted by atomic mass is 10.2. The Morgan fingerprint density at radius 3 is 2.33 bits per heavy atom. The van der Waals surface area contributed by atoms with Crippen LogP contribution in [-0.2, 0) is 21.4 Å². The number of halogens is 1. The minimum Gasteiger partial charge on any atom is -0.494 e. The second-order valence-electron chi connectivity index (χ2n) is 9.35. The second kappa shape index (κ2) is 14.7. The molecule has 0 aromatic heterocycles. The van der Waals surface area contributed by atoms with Crippen LogP contribution in [0.4, 0.5) is 5.69 Å². The first-order valence-electron chi connectivity index (χ1n) is 13.4. The van der Waals surface area contributed by atoms with Crippen LogP contribution in [0.15, 0.2) is 105 Å². The number of benzene rings is 4. The molecule has 4 aromatic carbocycles. The summed E-state index contributed by atoms with van der Waals surface area (Å²) in [6, 6.07) is 26.0. The van der Waals surface area contributed by atoms with Crippen LogP contribution in [0, 0.1) is 6.92 Å². The summed E-state index contributed by atoms with van der Waals surface area (Å²) < 4.78 is 45.7. The lowest BCUT2D eigenvalue weighted by molar-refractivity contribution is -0.119. The number of rotatable bonds is 13. The SMILES string of the molecule is CCOc1ccc(N(CC(=O)N/N=C\c2cc(Br)c(OCc3ccc(C)cc3)c(OC)c2)S(=O)(=O)c2ccccc2)cc1. The first kappa shape index (κ1) is 31.6. The fourth-order valence-electron chi connectivity index (χ4n) is 4.05. The Labute approximate surface area is 260 Å². The molecule has 11 heteroatoms. The Kier molecular flexibility index (Phi) is 10.8. The number of carbonyl (C=O) groups excluding carboxylic acids is 1. The number of methoxy groups -OCH3 is 1. The van der Waals surface area contributed by atoms with Gasteiger partial charge in [-0.15, -0.1) is 0 Å². The standard InChI is InChI=1S/C32H32BrN3O6S/c1-4-41-27-16-14-26(15-17-27)36(43(38,39)28-8-6-5-7-9-28)21-31(37)35-34-20-25-18-29(33)32(30(19-25)40-3)42-22-24-12-10-23(2)11-13-24/h5-20H,4,21-22H2,1-3H3,(H,35,37)/b34-20-. The molecule has 1 amide bonds. The molecule has 0 unspecified atom stereocenters. The van der Waals surface area contributed by atoms with Crippen LogP contribution in [0.2, 0.25) is 0 Å². The summed E-state index contributed by atoms with van der Waals surface area (Å²) in [7, 11) is -2.52. The van der Waals surface area contributed by atoms with Gasteiger partial charge in [-0.3, -0.25) is 9.10 Å². The number of hydrogen-bond acceptors (Lipinski definition) is 7. The van der Waals surface area contributed by atoms with Crippen molar-refractivity contribution in [2.75, 3.05) is 24.6 Å². The number of sulfonamides is 1. The lowest BCUT2D eigenvalue weighted by Gasteiger charge is -2.24. The van der Waals surface area contributed by atoms with E-state index in [0.29, 0.717) is 46.2 Å². The fraction of sp³-hybridized carbons (Fsp3) is 0.188. The summed E-state index contributed by atoms with van der Waals surface area (Å²) in [5, 5.41) is 4.05. The van der Waals surface area contributed by atoms with Crippen molar-refractivity contribution in [2.24, 2.45) is 5.10 Å². The van der Waals surface area contributed by atoms with E-state index in [1.807, 2.05) is 38.1 Å². The van der Waals surface area contributed by atoms with E-state index in [2.05, 4.69) is 26.5 Å². The minimum atomic E-state index is -4.06. The first-order chi connectivity index (χ1) is 20.7. The van der Waals surface area contributed by atoms with Crippen molar-refractivity contribution in [1.82, 2.24) is 5.43 Å². The minimum absolute atomic E-state index is 0.0572. The summed E-state index contributed by atoms with van der Waals surface area (Å²) in [6.07, 6.45) is 1.43. The molecule has 0 atom stereocenters. The molecule has 0 aliphatic heterocycles. The molecule has 0 aliphatic carbocycles. The molecule has 4 rings (SSSR count). The molecule has 1 N–H and O–H groups in total. The van der Waals surface area contributed by atoms with Crippen molar-refractivity contribution in [1.29, 1.82) is 0 Å². The maximum atomic E-state index is 13.5. The Hall–Kier alpha value is -4.35. The van der Waals surface area contributed by atoms with E-state index in [9.17, 15) is 13.2 Å². The Morgan fingerprint density at radius 1 is 0.977 bits per heavy atom. The zero-order valence-electron chi connectivity index (χ0n) is 24.0. The van der Waals surface area contributed by atoms with Gasteiger partial charge in [0.25, 0.3) is 15.9 Å². The van der Waals surface area contributed by atoms with E-state index in [-0.39, 0.29) is 4.90 Å². The third kappa shape index (κ3) is 8.36. The molecule has 224 valence electrons. The number of amides is 1. The number of carbonyl (C=O) groups is 1. The molecule has 0 fully saturated rings. The van der Waals surface area contributed by atoms with Gasteiger partial charge in [0.2, 0.25) is 0 Å². The van der Waals surface area contributed by atoms with Gasteiger partial charge in [-0.25, -0.2) is 13.8 Å². The van der Waals surface area contributed by atoms with E-state index >= 15 is 0 Å². The van der Waals surface area contributed by atoms with Gasteiger partial charge in [0.05, 0.1) is 35.0 Å². The van der Waals surface area contributed by atoms with Gasteiger partial charge in [0, 0.05) is 0 Å². The number of hydrazone groups is 1. The van der Waals surface area contributed by atoms with Crippen LogP contribution < -0.4 is 23.9 Å². The molecule has 0 spiro atoms. The molecular formula is C32H32BrN3O6S. The maximum Gasteiger partial charge on any atom is 0.264 e. The Morgan fingerprint density at radius 2 is 1.67 bits per heavy atom. The summed E-state index contributed by atoms with van der Waals surface area (Å²) in [4.78, 5) is 13.0. The average Bonchev–Trinajstić information content (AvgIpc) is 3.01. The van der Waals surface area contributed by atoms with E-state index in [0.717, 1.165) is 9.87 Å². The molecule has 0 radical (unpaired) electrons. The molecule has 0 aliphatic rings. The fourth-order valence-corrected chi connectivity index (χ4v) is 6.07. The summed E-state index contributed by atoms with van der Waals surface area (Å²) in [5.41, 5.74) is 5.53. The zero-order valence-corrected chi connectivity index (χ0v) is 26.4. The van der Waals surface area contributed by atoms with Crippen molar-refractivity contribution in [3.05, 3.63) is 112 Å². The van der Waals surface area contributed by atoms with E-state index in [1.165, 1.54) is 31.0 Å². The molecule has 0 saturated carbocycles. The highest BCUT2D eigenvalue weighted by molar-refractivity contribution is 9.10. The molecule has 0 bridgehead atoms. The normalized spacial score (nSPS) is 11.3. The van der Waals surface area contributed by atoms with Crippen molar-refractivity contribution < 1.29 is 27.4 Å². The van der Waals surface area contributed by atoms with Crippen LogP contribution in [0.25, 0.3) is 0 Å². The largest absolute Gasteiger partial charge is 0.494 e. The van der Waals surface area contributed by atoms with Crippen LogP contribution >= 0.6 is 15.9 Å². The number of ether oxygens (including phenoxy) is 3. The predicted octanol–water partition coefficient (Wildman–Crippen LogP) is 6.09. The van der Waals surface area contributed by atoms with Crippen LogP contribution in [0.3, 0.4) is 0 Å². The summed E-state index contributed by atoms with van der Waals surface area (Å²) >= 11 is 3.53. The average molecular weight is 667 g/mol. The van der Waals surface area contributed by atoms with Gasteiger partial charge in [-0.1, -0.05) is 48.0 Å². The van der Waals surface area contributed by atoms with Gasteiger partial charge in [-0.05, 0) is 89.4 Å². The van der Waals surface area contributed by atoms with Gasteiger partial charge >= 0.3 is 0 Å². The number of nitrogens with zero attached hydrogens (tertiary/aromatic N) is 2. The maximum absolute atomic E-state index is 13.5.